The number of thiophene rings is 1. The molecule has 1 aliphatic heterocycles. The van der Waals surface area contributed by atoms with E-state index in [1.54, 1.807) is 4.90 Å². The van der Waals surface area contributed by atoms with Gasteiger partial charge in [0, 0.05) is 24.0 Å². The molecule has 2 aromatic rings. The number of nitrogens with two attached hydrogens (primary N) is 1. The number of anilines is 1. The van der Waals surface area contributed by atoms with Gasteiger partial charge in [-0.1, -0.05) is 6.07 Å². The minimum Gasteiger partial charge on any atom is -0.454 e. The highest BCUT2D eigenvalue weighted by atomic mass is 32.1. The van der Waals surface area contributed by atoms with Crippen LogP contribution in [-0.2, 0) is 0 Å². The van der Waals surface area contributed by atoms with Crippen molar-refractivity contribution in [2.24, 2.45) is 0 Å². The van der Waals surface area contributed by atoms with Crippen LogP contribution in [-0.4, -0.2) is 30.7 Å². The molecule has 5 nitrogen and oxygen atoms in total. The van der Waals surface area contributed by atoms with E-state index in [1.807, 2.05) is 37.4 Å². The maximum absolute atomic E-state index is 12.7. The summed E-state index contributed by atoms with van der Waals surface area (Å²) in [6, 6.07) is 5.67. The quantitative estimate of drug-likeness (QED) is 0.940. The molecule has 1 aliphatic rings. The summed E-state index contributed by atoms with van der Waals surface area (Å²) in [5, 5.41) is 2.47. The van der Waals surface area contributed by atoms with Crippen molar-refractivity contribution < 1.29 is 14.3 Å². The standard InChI is InChI=1S/C16H18N2O3S/c1-3-18(4-2)16(19)14-11(8-22-15(14)17)10-5-6-12-13(7-10)21-9-20-12/h5-8H,3-4,9,17H2,1-2H3. The molecule has 0 saturated heterocycles. The van der Waals surface area contributed by atoms with Crippen molar-refractivity contribution in [3.8, 4) is 22.6 Å². The van der Waals surface area contributed by atoms with Crippen LogP contribution in [0.5, 0.6) is 11.5 Å². The Hall–Kier alpha value is -2.21. The van der Waals surface area contributed by atoms with E-state index < -0.39 is 0 Å². The van der Waals surface area contributed by atoms with E-state index in [1.165, 1.54) is 11.3 Å². The van der Waals surface area contributed by atoms with E-state index in [0.29, 0.717) is 29.4 Å². The van der Waals surface area contributed by atoms with Gasteiger partial charge in [-0.05, 0) is 31.5 Å². The molecule has 3 rings (SSSR count). The Balaban J connectivity index is 2.04. The van der Waals surface area contributed by atoms with Crippen LogP contribution in [0.1, 0.15) is 24.2 Å². The second-order valence-corrected chi connectivity index (χ2v) is 5.85. The lowest BCUT2D eigenvalue weighted by molar-refractivity contribution is 0.0775. The first-order valence-electron chi connectivity index (χ1n) is 7.22. The first-order chi connectivity index (χ1) is 10.7. The Morgan fingerprint density at radius 1 is 1.27 bits per heavy atom. The van der Waals surface area contributed by atoms with E-state index in [-0.39, 0.29) is 12.7 Å². The largest absolute Gasteiger partial charge is 0.454 e. The van der Waals surface area contributed by atoms with E-state index >= 15 is 0 Å². The fourth-order valence-electron chi connectivity index (χ4n) is 2.54. The molecular weight excluding hydrogens is 300 g/mol. The first kappa shape index (κ1) is 14.7. The Bertz CT molecular complexity index is 707. The smallest absolute Gasteiger partial charge is 0.257 e. The van der Waals surface area contributed by atoms with Gasteiger partial charge in [0.25, 0.3) is 5.91 Å². The van der Waals surface area contributed by atoms with Gasteiger partial charge in [0.15, 0.2) is 11.5 Å². The van der Waals surface area contributed by atoms with Crippen molar-refractivity contribution in [3.05, 3.63) is 29.1 Å². The Labute approximate surface area is 133 Å². The highest BCUT2D eigenvalue weighted by Gasteiger charge is 2.23. The predicted molar refractivity (Wildman–Crippen MR) is 87.5 cm³/mol. The summed E-state index contributed by atoms with van der Waals surface area (Å²) in [5.74, 6) is 1.39. The normalized spacial score (nSPS) is 12.5. The first-order valence-corrected chi connectivity index (χ1v) is 8.09. The molecule has 22 heavy (non-hydrogen) atoms. The van der Waals surface area contributed by atoms with Crippen LogP contribution in [0.25, 0.3) is 11.1 Å². The monoisotopic (exact) mass is 318 g/mol. The van der Waals surface area contributed by atoms with Crippen molar-refractivity contribution >= 4 is 22.2 Å². The van der Waals surface area contributed by atoms with Gasteiger partial charge in [-0.25, -0.2) is 0 Å². The molecular formula is C16H18N2O3S. The lowest BCUT2D eigenvalue weighted by Crippen LogP contribution is -2.31. The number of carbonyl (C=O) groups is 1. The number of carbonyl (C=O) groups excluding carboxylic acids is 1. The number of hydrogen-bond donors (Lipinski definition) is 1. The number of fused-ring (bicyclic) bond motifs is 1. The third kappa shape index (κ3) is 2.39. The van der Waals surface area contributed by atoms with Crippen LogP contribution >= 0.6 is 11.3 Å². The second-order valence-electron chi connectivity index (χ2n) is 4.93. The summed E-state index contributed by atoms with van der Waals surface area (Å²) in [5.41, 5.74) is 8.39. The fourth-order valence-corrected chi connectivity index (χ4v) is 3.35. The van der Waals surface area contributed by atoms with Crippen molar-refractivity contribution in [1.29, 1.82) is 0 Å². The lowest BCUT2D eigenvalue weighted by Gasteiger charge is -2.19. The van der Waals surface area contributed by atoms with Crippen LogP contribution in [0.4, 0.5) is 5.00 Å². The number of hydrogen-bond acceptors (Lipinski definition) is 5. The maximum atomic E-state index is 12.7. The molecule has 0 fully saturated rings. The van der Waals surface area contributed by atoms with Gasteiger partial charge >= 0.3 is 0 Å². The van der Waals surface area contributed by atoms with Gasteiger partial charge < -0.3 is 20.1 Å². The summed E-state index contributed by atoms with van der Waals surface area (Å²) in [6.45, 7) is 5.47. The number of ether oxygens (including phenoxy) is 2. The van der Waals surface area contributed by atoms with E-state index in [2.05, 4.69) is 0 Å². The fraction of sp³-hybridized carbons (Fsp3) is 0.312. The summed E-state index contributed by atoms with van der Waals surface area (Å²) in [6.07, 6.45) is 0. The van der Waals surface area contributed by atoms with Gasteiger partial charge in [-0.3, -0.25) is 4.79 Å². The van der Waals surface area contributed by atoms with Gasteiger partial charge in [-0.15, -0.1) is 11.3 Å². The predicted octanol–water partition coefficient (Wildman–Crippen LogP) is 3.21. The summed E-state index contributed by atoms with van der Waals surface area (Å²) in [4.78, 5) is 14.5. The van der Waals surface area contributed by atoms with Gasteiger partial charge in [0.1, 0.15) is 0 Å². The van der Waals surface area contributed by atoms with E-state index in [0.717, 1.165) is 16.9 Å². The second kappa shape index (κ2) is 5.88. The average molecular weight is 318 g/mol. The molecule has 2 heterocycles. The third-order valence-corrected chi connectivity index (χ3v) is 4.58. The minimum atomic E-state index is -0.0311. The van der Waals surface area contributed by atoms with Gasteiger partial charge in [-0.2, -0.15) is 0 Å². The Morgan fingerprint density at radius 2 is 2.00 bits per heavy atom. The zero-order valence-electron chi connectivity index (χ0n) is 12.6. The van der Waals surface area contributed by atoms with Crippen LogP contribution in [0.15, 0.2) is 23.6 Å². The lowest BCUT2D eigenvalue weighted by atomic mass is 10.0. The number of rotatable bonds is 4. The topological polar surface area (TPSA) is 64.8 Å². The van der Waals surface area contributed by atoms with E-state index in [9.17, 15) is 4.79 Å². The van der Waals surface area contributed by atoms with Crippen LogP contribution in [0.2, 0.25) is 0 Å². The van der Waals surface area contributed by atoms with Crippen molar-refractivity contribution in [3.63, 3.8) is 0 Å². The average Bonchev–Trinajstić information content (AvgIpc) is 3.13. The van der Waals surface area contributed by atoms with Crippen LogP contribution < -0.4 is 15.2 Å². The molecule has 0 spiro atoms. The van der Waals surface area contributed by atoms with Crippen LogP contribution in [0, 0.1) is 0 Å². The van der Waals surface area contributed by atoms with E-state index in [4.69, 9.17) is 15.2 Å². The molecule has 116 valence electrons. The Kier molecular flexibility index (Phi) is 3.94. The minimum absolute atomic E-state index is 0.0311. The molecule has 1 aromatic heterocycles. The summed E-state index contributed by atoms with van der Waals surface area (Å²) in [7, 11) is 0. The highest BCUT2D eigenvalue weighted by molar-refractivity contribution is 7.15. The summed E-state index contributed by atoms with van der Waals surface area (Å²) >= 11 is 1.38. The molecule has 0 saturated carbocycles. The van der Waals surface area contributed by atoms with Gasteiger partial charge in [0.05, 0.1) is 10.6 Å². The number of nitrogen functional groups attached to an aromatic ring is 1. The van der Waals surface area contributed by atoms with Crippen LogP contribution in [0.3, 0.4) is 0 Å². The zero-order chi connectivity index (χ0) is 15.7. The molecule has 0 radical (unpaired) electrons. The Morgan fingerprint density at radius 3 is 2.73 bits per heavy atom. The molecule has 0 unspecified atom stereocenters. The maximum Gasteiger partial charge on any atom is 0.257 e. The number of amides is 1. The zero-order valence-corrected chi connectivity index (χ0v) is 13.4. The van der Waals surface area contributed by atoms with Crippen molar-refractivity contribution in [2.45, 2.75) is 13.8 Å². The number of benzene rings is 1. The summed E-state index contributed by atoms with van der Waals surface area (Å²) < 4.78 is 10.7. The van der Waals surface area contributed by atoms with Crippen molar-refractivity contribution in [2.75, 3.05) is 25.6 Å². The molecule has 0 aliphatic carbocycles. The van der Waals surface area contributed by atoms with Gasteiger partial charge in [0.2, 0.25) is 6.79 Å². The highest BCUT2D eigenvalue weighted by Crippen LogP contribution is 2.40. The molecule has 0 atom stereocenters. The molecule has 1 amide bonds. The molecule has 2 N–H and O–H groups in total. The molecule has 6 heteroatoms. The third-order valence-electron chi connectivity index (χ3n) is 3.77. The molecule has 1 aromatic carbocycles. The van der Waals surface area contributed by atoms with Crippen molar-refractivity contribution in [1.82, 2.24) is 4.90 Å². The molecule has 0 bridgehead atoms. The number of nitrogens with zero attached hydrogens (tertiary/aromatic N) is 1. The SMILES string of the molecule is CCN(CC)C(=O)c1c(-c2ccc3c(c2)OCO3)csc1N.